The van der Waals surface area contributed by atoms with Gasteiger partial charge in [0.2, 0.25) is 11.8 Å². The van der Waals surface area contributed by atoms with Crippen LogP contribution in [0.2, 0.25) is 0 Å². The summed E-state index contributed by atoms with van der Waals surface area (Å²) in [6.45, 7) is -2.10. The number of rotatable bonds is 4. The van der Waals surface area contributed by atoms with Gasteiger partial charge in [-0.05, 0) is 6.42 Å². The van der Waals surface area contributed by atoms with Gasteiger partial charge < -0.3 is 20.3 Å². The van der Waals surface area contributed by atoms with E-state index in [-0.39, 0.29) is 19.6 Å². The molecule has 1 fully saturated rings. The SMILES string of the molecule is CN(C)C(=O)CN(CC(F)(F)F)C(=O)C1(N)CCOC1. The Labute approximate surface area is 114 Å². The van der Waals surface area contributed by atoms with Gasteiger partial charge in [-0.2, -0.15) is 13.2 Å². The van der Waals surface area contributed by atoms with E-state index in [9.17, 15) is 22.8 Å². The first-order valence-corrected chi connectivity index (χ1v) is 5.98. The first-order chi connectivity index (χ1) is 9.05. The molecule has 9 heteroatoms. The Hall–Kier alpha value is -1.35. The fourth-order valence-corrected chi connectivity index (χ4v) is 1.78. The molecule has 1 rings (SSSR count). The number of alkyl halides is 3. The molecule has 0 aromatic rings. The number of ether oxygens (including phenoxy) is 1. The Morgan fingerprint density at radius 3 is 2.35 bits per heavy atom. The Morgan fingerprint density at radius 2 is 1.95 bits per heavy atom. The van der Waals surface area contributed by atoms with Gasteiger partial charge in [-0.1, -0.05) is 0 Å². The van der Waals surface area contributed by atoms with Crippen LogP contribution in [0.15, 0.2) is 0 Å². The van der Waals surface area contributed by atoms with Crippen LogP contribution in [0.1, 0.15) is 6.42 Å². The molecule has 0 aliphatic carbocycles. The van der Waals surface area contributed by atoms with E-state index < -0.39 is 36.6 Å². The van der Waals surface area contributed by atoms with Crippen LogP contribution < -0.4 is 5.73 Å². The van der Waals surface area contributed by atoms with Crippen LogP contribution in [0.5, 0.6) is 0 Å². The largest absolute Gasteiger partial charge is 0.406 e. The first-order valence-electron chi connectivity index (χ1n) is 5.98. The van der Waals surface area contributed by atoms with Crippen molar-refractivity contribution >= 4 is 11.8 Å². The molecule has 0 aromatic carbocycles. The van der Waals surface area contributed by atoms with Crippen LogP contribution >= 0.6 is 0 Å². The standard InChI is InChI=1S/C11H18F3N3O3/c1-16(2)8(18)5-17(6-11(12,13)14)9(19)10(15)3-4-20-7-10/h3-7,15H2,1-2H3. The Balaban J connectivity index is 2.86. The van der Waals surface area contributed by atoms with Gasteiger partial charge in [-0.25, -0.2) is 0 Å². The van der Waals surface area contributed by atoms with Crippen LogP contribution in [0.4, 0.5) is 13.2 Å². The van der Waals surface area contributed by atoms with Gasteiger partial charge in [0.25, 0.3) is 0 Å². The molecule has 0 bridgehead atoms. The minimum absolute atomic E-state index is 0.135. The molecule has 1 aliphatic heterocycles. The molecule has 116 valence electrons. The zero-order chi connectivity index (χ0) is 15.6. The third-order valence-corrected chi connectivity index (χ3v) is 2.96. The number of hydrogen-bond acceptors (Lipinski definition) is 4. The lowest BCUT2D eigenvalue weighted by Gasteiger charge is -2.31. The second-order valence-corrected chi connectivity index (χ2v) is 5.02. The quantitative estimate of drug-likeness (QED) is 0.765. The van der Waals surface area contributed by atoms with Crippen molar-refractivity contribution in [3.05, 3.63) is 0 Å². The van der Waals surface area contributed by atoms with Crippen molar-refractivity contribution in [2.75, 3.05) is 40.4 Å². The zero-order valence-electron chi connectivity index (χ0n) is 11.4. The summed E-state index contributed by atoms with van der Waals surface area (Å²) in [5.41, 5.74) is 4.28. The normalized spacial score (nSPS) is 22.7. The van der Waals surface area contributed by atoms with E-state index in [1.165, 1.54) is 14.1 Å². The Morgan fingerprint density at radius 1 is 1.35 bits per heavy atom. The van der Waals surface area contributed by atoms with Gasteiger partial charge in [-0.3, -0.25) is 9.59 Å². The van der Waals surface area contributed by atoms with E-state index in [1.807, 2.05) is 0 Å². The zero-order valence-corrected chi connectivity index (χ0v) is 11.4. The summed E-state index contributed by atoms with van der Waals surface area (Å²) in [5.74, 6) is -1.52. The lowest BCUT2D eigenvalue weighted by Crippen LogP contribution is -2.59. The minimum atomic E-state index is -4.60. The highest BCUT2D eigenvalue weighted by Crippen LogP contribution is 2.22. The fraction of sp³-hybridized carbons (Fsp3) is 0.818. The third-order valence-electron chi connectivity index (χ3n) is 2.96. The molecular formula is C11H18F3N3O3. The lowest BCUT2D eigenvalue weighted by atomic mass is 9.98. The summed E-state index contributed by atoms with van der Waals surface area (Å²) in [5, 5.41) is 0. The maximum absolute atomic E-state index is 12.5. The van der Waals surface area contributed by atoms with Crippen LogP contribution in [0.25, 0.3) is 0 Å². The Bertz CT molecular complexity index is 379. The molecule has 0 radical (unpaired) electrons. The summed E-state index contributed by atoms with van der Waals surface area (Å²) in [6.07, 6.45) is -4.46. The van der Waals surface area contributed by atoms with Gasteiger partial charge in [0.1, 0.15) is 18.6 Å². The van der Waals surface area contributed by atoms with E-state index in [0.29, 0.717) is 4.90 Å². The van der Waals surface area contributed by atoms with Gasteiger partial charge in [0, 0.05) is 20.7 Å². The number of amides is 2. The number of nitrogens with zero attached hydrogens (tertiary/aromatic N) is 2. The maximum Gasteiger partial charge on any atom is 0.406 e. The van der Waals surface area contributed by atoms with Crippen molar-refractivity contribution in [2.45, 2.75) is 18.1 Å². The molecule has 2 amide bonds. The molecule has 2 N–H and O–H groups in total. The summed E-state index contributed by atoms with van der Waals surface area (Å²) in [4.78, 5) is 25.3. The van der Waals surface area contributed by atoms with Gasteiger partial charge in [-0.15, -0.1) is 0 Å². The third kappa shape index (κ3) is 4.34. The van der Waals surface area contributed by atoms with Crippen molar-refractivity contribution in [1.82, 2.24) is 9.80 Å². The highest BCUT2D eigenvalue weighted by atomic mass is 19.4. The Kier molecular flexibility index (Phi) is 4.98. The van der Waals surface area contributed by atoms with E-state index in [4.69, 9.17) is 10.5 Å². The number of nitrogens with two attached hydrogens (primary N) is 1. The second-order valence-electron chi connectivity index (χ2n) is 5.02. The molecule has 0 aromatic heterocycles. The van der Waals surface area contributed by atoms with Crippen molar-refractivity contribution < 1.29 is 27.5 Å². The smallest absolute Gasteiger partial charge is 0.379 e. The van der Waals surface area contributed by atoms with Gasteiger partial charge in [0.05, 0.1) is 6.61 Å². The van der Waals surface area contributed by atoms with Crippen LogP contribution in [0, 0.1) is 0 Å². The van der Waals surface area contributed by atoms with Crippen LogP contribution in [-0.4, -0.2) is 73.7 Å². The molecule has 1 aliphatic rings. The van der Waals surface area contributed by atoms with Crippen molar-refractivity contribution in [1.29, 1.82) is 0 Å². The van der Waals surface area contributed by atoms with E-state index in [2.05, 4.69) is 0 Å². The van der Waals surface area contributed by atoms with Crippen molar-refractivity contribution in [3.8, 4) is 0 Å². The lowest BCUT2D eigenvalue weighted by molar-refractivity contribution is -0.167. The topological polar surface area (TPSA) is 75.9 Å². The van der Waals surface area contributed by atoms with Crippen molar-refractivity contribution in [3.63, 3.8) is 0 Å². The van der Waals surface area contributed by atoms with Crippen LogP contribution in [0.3, 0.4) is 0 Å². The van der Waals surface area contributed by atoms with Crippen LogP contribution in [-0.2, 0) is 14.3 Å². The van der Waals surface area contributed by atoms with Gasteiger partial charge in [0.15, 0.2) is 0 Å². The summed E-state index contributed by atoms with van der Waals surface area (Å²) in [7, 11) is 2.80. The average molecular weight is 297 g/mol. The van der Waals surface area contributed by atoms with Crippen molar-refractivity contribution in [2.24, 2.45) is 5.73 Å². The minimum Gasteiger partial charge on any atom is -0.379 e. The molecule has 6 nitrogen and oxygen atoms in total. The number of halogens is 3. The highest BCUT2D eigenvalue weighted by Gasteiger charge is 2.44. The number of carbonyl (C=O) groups excluding carboxylic acids is 2. The summed E-state index contributed by atoms with van der Waals surface area (Å²) < 4.78 is 42.6. The number of likely N-dealkylation sites (N-methyl/N-ethyl adjacent to an activating group) is 1. The number of carbonyl (C=O) groups is 2. The molecule has 0 saturated carbocycles. The second kappa shape index (κ2) is 5.96. The first kappa shape index (κ1) is 16.7. The molecule has 20 heavy (non-hydrogen) atoms. The number of hydrogen-bond donors (Lipinski definition) is 1. The van der Waals surface area contributed by atoms with E-state index >= 15 is 0 Å². The molecule has 1 atom stereocenters. The predicted octanol–water partition coefficient (Wildman–Crippen LogP) is -0.417. The molecular weight excluding hydrogens is 279 g/mol. The molecule has 1 heterocycles. The average Bonchev–Trinajstić information content (AvgIpc) is 2.73. The predicted molar refractivity (Wildman–Crippen MR) is 63.7 cm³/mol. The van der Waals surface area contributed by atoms with E-state index in [0.717, 1.165) is 4.90 Å². The fourth-order valence-electron chi connectivity index (χ4n) is 1.78. The molecule has 1 saturated heterocycles. The molecule has 0 spiro atoms. The van der Waals surface area contributed by atoms with E-state index in [1.54, 1.807) is 0 Å². The maximum atomic E-state index is 12.5. The summed E-state index contributed by atoms with van der Waals surface area (Å²) >= 11 is 0. The van der Waals surface area contributed by atoms with Gasteiger partial charge >= 0.3 is 6.18 Å². The monoisotopic (exact) mass is 297 g/mol. The highest BCUT2D eigenvalue weighted by molar-refractivity contribution is 5.90. The molecule has 1 unspecified atom stereocenters. The summed E-state index contributed by atoms with van der Waals surface area (Å²) in [6, 6.07) is 0.